The Bertz CT molecular complexity index is 473. The molecule has 0 bridgehead atoms. The number of hydrogen-bond acceptors (Lipinski definition) is 3. The van der Waals surface area contributed by atoms with Gasteiger partial charge in [0.1, 0.15) is 11.9 Å². The molecule has 1 unspecified atom stereocenters. The van der Waals surface area contributed by atoms with E-state index in [9.17, 15) is 9.18 Å². The van der Waals surface area contributed by atoms with Crippen LogP contribution in [0.2, 0.25) is 0 Å². The highest BCUT2D eigenvalue weighted by molar-refractivity contribution is 5.94. The van der Waals surface area contributed by atoms with E-state index < -0.39 is 11.9 Å². The van der Waals surface area contributed by atoms with E-state index in [4.69, 9.17) is 10.5 Å². The van der Waals surface area contributed by atoms with E-state index in [2.05, 4.69) is 5.32 Å². The van der Waals surface area contributed by atoms with Crippen molar-refractivity contribution in [3.8, 4) is 0 Å². The Morgan fingerprint density at radius 1 is 1.50 bits per heavy atom. The molecule has 1 aliphatic rings. The van der Waals surface area contributed by atoms with Crippen LogP contribution in [0.25, 0.3) is 0 Å². The molecule has 1 amide bonds. The topological polar surface area (TPSA) is 64.3 Å². The van der Waals surface area contributed by atoms with Crippen LogP contribution >= 0.6 is 0 Å². The third kappa shape index (κ3) is 3.93. The minimum Gasteiger partial charge on any atom is -0.399 e. The first-order chi connectivity index (χ1) is 9.56. The molecule has 4 nitrogen and oxygen atoms in total. The molecule has 0 saturated heterocycles. The highest BCUT2D eigenvalue weighted by atomic mass is 19.1. The van der Waals surface area contributed by atoms with Gasteiger partial charge in [-0.3, -0.25) is 4.79 Å². The average molecular weight is 280 g/mol. The number of amides is 1. The maximum absolute atomic E-state index is 13.5. The normalized spacial score (nSPS) is 17.1. The van der Waals surface area contributed by atoms with E-state index in [0.29, 0.717) is 18.2 Å². The fraction of sp³-hybridized carbons (Fsp3) is 0.533. The summed E-state index contributed by atoms with van der Waals surface area (Å²) in [4.78, 5) is 11.9. The summed E-state index contributed by atoms with van der Waals surface area (Å²) in [7, 11) is 0. The van der Waals surface area contributed by atoms with Crippen molar-refractivity contribution in [3.63, 3.8) is 0 Å². The van der Waals surface area contributed by atoms with Gasteiger partial charge in [0.05, 0.1) is 12.3 Å². The molecule has 1 atom stereocenters. The van der Waals surface area contributed by atoms with Gasteiger partial charge in [-0.2, -0.15) is 0 Å². The summed E-state index contributed by atoms with van der Waals surface area (Å²) in [6, 6.07) is 4.08. The minimum atomic E-state index is -0.601. The lowest BCUT2D eigenvalue weighted by Gasteiger charge is -2.16. The third-order valence-electron chi connectivity index (χ3n) is 3.67. The number of anilines is 2. The molecule has 1 aromatic rings. The second-order valence-corrected chi connectivity index (χ2v) is 5.35. The zero-order valence-electron chi connectivity index (χ0n) is 11.7. The Kier molecular flexibility index (Phi) is 4.95. The molecule has 1 aromatic carbocycles. The van der Waals surface area contributed by atoms with E-state index in [1.807, 2.05) is 0 Å². The van der Waals surface area contributed by atoms with Crippen molar-refractivity contribution in [1.29, 1.82) is 0 Å². The maximum atomic E-state index is 13.5. The molecule has 0 heterocycles. The summed E-state index contributed by atoms with van der Waals surface area (Å²) in [6.07, 6.45) is 4.21. The number of benzene rings is 1. The lowest BCUT2D eigenvalue weighted by molar-refractivity contribution is -0.127. The van der Waals surface area contributed by atoms with Gasteiger partial charge in [-0.25, -0.2) is 4.39 Å². The molecule has 5 heteroatoms. The summed E-state index contributed by atoms with van der Waals surface area (Å²) in [5.41, 5.74) is 6.06. The molecular weight excluding hydrogens is 259 g/mol. The Balaban J connectivity index is 1.85. The number of carbonyl (C=O) groups excluding carboxylic acids is 1. The highest BCUT2D eigenvalue weighted by Crippen LogP contribution is 2.25. The number of carbonyl (C=O) groups is 1. The van der Waals surface area contributed by atoms with Crippen LogP contribution < -0.4 is 11.1 Å². The van der Waals surface area contributed by atoms with Gasteiger partial charge in [-0.1, -0.05) is 12.8 Å². The standard InChI is InChI=1S/C15H21FN2O2/c1-10(20-9-11-4-2-3-5-11)15(19)18-14-8-12(17)6-7-13(14)16/h6-8,10-11H,2-5,9,17H2,1H3,(H,18,19). The molecule has 110 valence electrons. The highest BCUT2D eigenvalue weighted by Gasteiger charge is 2.20. The first kappa shape index (κ1) is 14.8. The molecule has 20 heavy (non-hydrogen) atoms. The van der Waals surface area contributed by atoms with E-state index in [0.717, 1.165) is 12.8 Å². The van der Waals surface area contributed by atoms with Crippen LogP contribution in [-0.4, -0.2) is 18.6 Å². The zero-order valence-corrected chi connectivity index (χ0v) is 11.7. The molecule has 3 N–H and O–H groups in total. The summed E-state index contributed by atoms with van der Waals surface area (Å²) in [5.74, 6) is -0.308. The van der Waals surface area contributed by atoms with Crippen LogP contribution in [0.5, 0.6) is 0 Å². The molecule has 1 saturated carbocycles. The summed E-state index contributed by atoms with van der Waals surface area (Å²) in [6.45, 7) is 2.27. The van der Waals surface area contributed by atoms with Crippen molar-refractivity contribution in [3.05, 3.63) is 24.0 Å². The number of rotatable bonds is 5. The van der Waals surface area contributed by atoms with E-state index in [1.54, 1.807) is 6.92 Å². The number of ether oxygens (including phenoxy) is 1. The molecule has 0 spiro atoms. The van der Waals surface area contributed by atoms with Crippen molar-refractivity contribution in [2.75, 3.05) is 17.7 Å². The molecule has 0 aliphatic heterocycles. The SMILES string of the molecule is CC(OCC1CCCC1)C(=O)Nc1cc(N)ccc1F. The molecule has 2 rings (SSSR count). The maximum Gasteiger partial charge on any atom is 0.253 e. The molecular formula is C15H21FN2O2. The molecule has 1 fully saturated rings. The number of halogens is 1. The van der Waals surface area contributed by atoms with Crippen molar-refractivity contribution < 1.29 is 13.9 Å². The van der Waals surface area contributed by atoms with Gasteiger partial charge >= 0.3 is 0 Å². The molecule has 1 aliphatic carbocycles. The lowest BCUT2D eigenvalue weighted by atomic mass is 10.1. The predicted molar refractivity (Wildman–Crippen MR) is 76.8 cm³/mol. The Morgan fingerprint density at radius 3 is 2.90 bits per heavy atom. The number of nitrogen functional groups attached to an aromatic ring is 1. The van der Waals surface area contributed by atoms with Gasteiger partial charge in [0.2, 0.25) is 0 Å². The second-order valence-electron chi connectivity index (χ2n) is 5.35. The van der Waals surface area contributed by atoms with Crippen LogP contribution in [-0.2, 0) is 9.53 Å². The van der Waals surface area contributed by atoms with Crippen LogP contribution in [0, 0.1) is 11.7 Å². The fourth-order valence-corrected chi connectivity index (χ4v) is 2.41. The zero-order chi connectivity index (χ0) is 14.5. The van der Waals surface area contributed by atoms with Gasteiger partial charge in [0, 0.05) is 5.69 Å². The number of nitrogens with two attached hydrogens (primary N) is 1. The monoisotopic (exact) mass is 280 g/mol. The summed E-state index contributed by atoms with van der Waals surface area (Å²) < 4.78 is 19.1. The molecule has 0 radical (unpaired) electrons. The lowest BCUT2D eigenvalue weighted by Crippen LogP contribution is -2.29. The van der Waals surface area contributed by atoms with E-state index in [1.165, 1.54) is 31.0 Å². The van der Waals surface area contributed by atoms with Crippen LogP contribution in [0.1, 0.15) is 32.6 Å². The predicted octanol–water partition coefficient (Wildman–Crippen LogP) is 2.94. The van der Waals surface area contributed by atoms with Gasteiger partial charge in [-0.15, -0.1) is 0 Å². The van der Waals surface area contributed by atoms with Crippen molar-refractivity contribution in [2.45, 2.75) is 38.7 Å². The van der Waals surface area contributed by atoms with Gasteiger partial charge in [0.25, 0.3) is 5.91 Å². The van der Waals surface area contributed by atoms with Crippen LogP contribution in [0.15, 0.2) is 18.2 Å². The Hall–Kier alpha value is -1.62. The minimum absolute atomic E-state index is 0.0892. The average Bonchev–Trinajstić information content (AvgIpc) is 2.93. The van der Waals surface area contributed by atoms with Crippen molar-refractivity contribution in [2.24, 2.45) is 5.92 Å². The first-order valence-electron chi connectivity index (χ1n) is 7.03. The largest absolute Gasteiger partial charge is 0.399 e. The first-order valence-corrected chi connectivity index (χ1v) is 7.03. The smallest absolute Gasteiger partial charge is 0.253 e. The van der Waals surface area contributed by atoms with Crippen LogP contribution in [0.4, 0.5) is 15.8 Å². The van der Waals surface area contributed by atoms with Crippen molar-refractivity contribution in [1.82, 2.24) is 0 Å². The quantitative estimate of drug-likeness (QED) is 0.815. The molecule has 0 aromatic heterocycles. The van der Waals surface area contributed by atoms with Gasteiger partial charge in [0.15, 0.2) is 0 Å². The van der Waals surface area contributed by atoms with Gasteiger partial charge in [-0.05, 0) is 43.9 Å². The second kappa shape index (κ2) is 6.70. The third-order valence-corrected chi connectivity index (χ3v) is 3.67. The Labute approximate surface area is 118 Å². The van der Waals surface area contributed by atoms with Gasteiger partial charge < -0.3 is 15.8 Å². The van der Waals surface area contributed by atoms with Crippen LogP contribution in [0.3, 0.4) is 0 Å². The van der Waals surface area contributed by atoms with E-state index in [-0.39, 0.29) is 11.6 Å². The number of hydrogen-bond donors (Lipinski definition) is 2. The summed E-state index contributed by atoms with van der Waals surface area (Å²) >= 11 is 0. The Morgan fingerprint density at radius 2 is 2.20 bits per heavy atom. The summed E-state index contributed by atoms with van der Waals surface area (Å²) in [5, 5.41) is 2.51. The number of nitrogens with one attached hydrogen (secondary N) is 1. The fourth-order valence-electron chi connectivity index (χ4n) is 2.41. The van der Waals surface area contributed by atoms with Crippen molar-refractivity contribution >= 4 is 17.3 Å². The van der Waals surface area contributed by atoms with E-state index >= 15 is 0 Å².